The maximum absolute atomic E-state index is 9.94. The predicted molar refractivity (Wildman–Crippen MR) is 77.9 cm³/mol. The first-order chi connectivity index (χ1) is 9.76. The van der Waals surface area contributed by atoms with Gasteiger partial charge in [0.15, 0.2) is 0 Å². The molecular formula is C17H21NO2. The first kappa shape index (κ1) is 13.6. The van der Waals surface area contributed by atoms with Gasteiger partial charge >= 0.3 is 0 Å². The Morgan fingerprint density at radius 3 is 2.65 bits per heavy atom. The smallest absolute Gasteiger partial charge is 0.104 e. The van der Waals surface area contributed by atoms with Crippen molar-refractivity contribution in [3.63, 3.8) is 0 Å². The van der Waals surface area contributed by atoms with Crippen LogP contribution >= 0.6 is 0 Å². The van der Waals surface area contributed by atoms with Crippen molar-refractivity contribution < 1.29 is 10.2 Å². The number of fused-ring (bicyclic) bond motifs is 1. The largest absolute Gasteiger partial charge is 0.393 e. The zero-order chi connectivity index (χ0) is 13.9. The summed E-state index contributed by atoms with van der Waals surface area (Å²) in [5.74, 6) is 6.75. The summed E-state index contributed by atoms with van der Waals surface area (Å²) in [5, 5.41) is 18.6. The molecule has 3 unspecified atom stereocenters. The van der Waals surface area contributed by atoms with Crippen LogP contribution in [-0.4, -0.2) is 40.9 Å². The molecule has 3 atom stereocenters. The van der Waals surface area contributed by atoms with E-state index in [0.29, 0.717) is 11.8 Å². The summed E-state index contributed by atoms with van der Waals surface area (Å²) in [6, 6.07) is 8.21. The van der Waals surface area contributed by atoms with Crippen LogP contribution in [0.5, 0.6) is 0 Å². The fourth-order valence-corrected chi connectivity index (χ4v) is 3.55. The molecular weight excluding hydrogens is 250 g/mol. The van der Waals surface area contributed by atoms with Crippen molar-refractivity contribution in [3.05, 3.63) is 35.4 Å². The van der Waals surface area contributed by atoms with Gasteiger partial charge in [-0.1, -0.05) is 24.0 Å². The van der Waals surface area contributed by atoms with E-state index < -0.39 is 0 Å². The molecule has 0 bridgehead atoms. The summed E-state index contributed by atoms with van der Waals surface area (Å²) in [6.07, 6.45) is 2.08. The Balaban J connectivity index is 1.59. The van der Waals surface area contributed by atoms with Gasteiger partial charge in [0.1, 0.15) is 6.61 Å². The van der Waals surface area contributed by atoms with Gasteiger partial charge < -0.3 is 10.2 Å². The SMILES string of the molecule is OCC#Cc1ccc(CN2CC3CCC(O)C3C2)cc1. The van der Waals surface area contributed by atoms with E-state index in [-0.39, 0.29) is 12.7 Å². The molecule has 0 aromatic heterocycles. The molecule has 106 valence electrons. The first-order valence-corrected chi connectivity index (χ1v) is 7.35. The topological polar surface area (TPSA) is 43.7 Å². The molecule has 0 amide bonds. The fourth-order valence-electron chi connectivity index (χ4n) is 3.55. The van der Waals surface area contributed by atoms with Gasteiger partial charge in [-0.15, -0.1) is 0 Å². The lowest BCUT2D eigenvalue weighted by Crippen LogP contribution is -2.24. The maximum Gasteiger partial charge on any atom is 0.104 e. The molecule has 1 heterocycles. The Bertz CT molecular complexity index is 514. The van der Waals surface area contributed by atoms with Crippen LogP contribution in [0.15, 0.2) is 24.3 Å². The van der Waals surface area contributed by atoms with Crippen LogP contribution in [0.4, 0.5) is 0 Å². The average molecular weight is 271 g/mol. The molecule has 1 aliphatic carbocycles. The van der Waals surface area contributed by atoms with E-state index in [4.69, 9.17) is 5.11 Å². The lowest BCUT2D eigenvalue weighted by Gasteiger charge is -2.18. The minimum absolute atomic E-state index is 0.0823. The molecule has 1 saturated carbocycles. The van der Waals surface area contributed by atoms with E-state index in [9.17, 15) is 5.11 Å². The highest BCUT2D eigenvalue weighted by Crippen LogP contribution is 2.38. The van der Waals surface area contributed by atoms with Crippen molar-refractivity contribution in [2.75, 3.05) is 19.7 Å². The van der Waals surface area contributed by atoms with Crippen LogP contribution in [0.3, 0.4) is 0 Å². The van der Waals surface area contributed by atoms with Crippen molar-refractivity contribution in [2.45, 2.75) is 25.5 Å². The Morgan fingerprint density at radius 1 is 1.15 bits per heavy atom. The van der Waals surface area contributed by atoms with Gasteiger partial charge in [0.25, 0.3) is 0 Å². The summed E-state index contributed by atoms with van der Waals surface area (Å²) in [4.78, 5) is 2.45. The second kappa shape index (κ2) is 5.97. The number of rotatable bonds is 2. The highest BCUT2D eigenvalue weighted by Gasteiger charge is 2.41. The highest BCUT2D eigenvalue weighted by atomic mass is 16.3. The second-order valence-corrected chi connectivity index (χ2v) is 5.92. The monoisotopic (exact) mass is 271 g/mol. The Kier molecular flexibility index (Phi) is 4.07. The summed E-state index contributed by atoms with van der Waals surface area (Å²) < 4.78 is 0. The van der Waals surface area contributed by atoms with Gasteiger partial charge in [0.05, 0.1) is 6.10 Å². The van der Waals surface area contributed by atoms with E-state index in [1.54, 1.807) is 0 Å². The molecule has 1 saturated heterocycles. The van der Waals surface area contributed by atoms with E-state index >= 15 is 0 Å². The Hall–Kier alpha value is -1.34. The molecule has 3 rings (SSSR count). The molecule has 0 spiro atoms. The first-order valence-electron chi connectivity index (χ1n) is 7.35. The van der Waals surface area contributed by atoms with Crippen molar-refractivity contribution in [2.24, 2.45) is 11.8 Å². The van der Waals surface area contributed by atoms with Gasteiger partial charge in [-0.05, 0) is 36.5 Å². The molecule has 1 aromatic carbocycles. The van der Waals surface area contributed by atoms with E-state index in [1.165, 1.54) is 12.0 Å². The lowest BCUT2D eigenvalue weighted by molar-refractivity contribution is 0.123. The summed E-state index contributed by atoms with van der Waals surface area (Å²) >= 11 is 0. The zero-order valence-electron chi connectivity index (χ0n) is 11.6. The van der Waals surface area contributed by atoms with Crippen molar-refractivity contribution >= 4 is 0 Å². The number of nitrogens with zero attached hydrogens (tertiary/aromatic N) is 1. The Morgan fingerprint density at radius 2 is 1.95 bits per heavy atom. The van der Waals surface area contributed by atoms with Crippen LogP contribution in [0, 0.1) is 23.7 Å². The molecule has 3 heteroatoms. The minimum Gasteiger partial charge on any atom is -0.393 e. The molecule has 20 heavy (non-hydrogen) atoms. The number of hydrogen-bond acceptors (Lipinski definition) is 3. The Labute approximate surface area is 120 Å². The van der Waals surface area contributed by atoms with Gasteiger partial charge in [-0.2, -0.15) is 0 Å². The van der Waals surface area contributed by atoms with Crippen molar-refractivity contribution in [1.82, 2.24) is 4.90 Å². The van der Waals surface area contributed by atoms with E-state index in [1.807, 2.05) is 12.1 Å². The van der Waals surface area contributed by atoms with Crippen molar-refractivity contribution in [1.29, 1.82) is 0 Å². The van der Waals surface area contributed by atoms with Gasteiger partial charge in [0.2, 0.25) is 0 Å². The zero-order valence-corrected chi connectivity index (χ0v) is 11.6. The number of aliphatic hydroxyl groups excluding tert-OH is 2. The number of benzene rings is 1. The molecule has 3 nitrogen and oxygen atoms in total. The van der Waals surface area contributed by atoms with Gasteiger partial charge in [-0.25, -0.2) is 0 Å². The lowest BCUT2D eigenvalue weighted by atomic mass is 10.00. The third-order valence-corrected chi connectivity index (χ3v) is 4.57. The van der Waals surface area contributed by atoms with Crippen molar-refractivity contribution in [3.8, 4) is 11.8 Å². The van der Waals surface area contributed by atoms with Crippen LogP contribution in [0.25, 0.3) is 0 Å². The van der Waals surface area contributed by atoms with E-state index in [2.05, 4.69) is 28.9 Å². The standard InChI is InChI=1S/C17H21NO2/c19-9-1-2-13-3-5-14(6-4-13)10-18-11-15-7-8-17(20)16(15)12-18/h3-6,15-17,19-20H,7-12H2. The highest BCUT2D eigenvalue weighted by molar-refractivity contribution is 5.36. The normalized spacial score (nSPS) is 29.0. The summed E-state index contributed by atoms with van der Waals surface area (Å²) in [5.41, 5.74) is 2.23. The fraction of sp³-hybridized carbons (Fsp3) is 0.529. The molecule has 2 aliphatic rings. The number of aliphatic hydroxyl groups is 2. The predicted octanol–water partition coefficient (Wildman–Crippen LogP) is 1.23. The van der Waals surface area contributed by atoms with Crippen LogP contribution < -0.4 is 0 Å². The maximum atomic E-state index is 9.94. The molecule has 0 radical (unpaired) electrons. The minimum atomic E-state index is -0.0966. The van der Waals surface area contributed by atoms with Crippen LogP contribution in [0.1, 0.15) is 24.0 Å². The molecule has 1 aliphatic heterocycles. The molecule has 1 aromatic rings. The molecule has 2 N–H and O–H groups in total. The van der Waals surface area contributed by atoms with Crippen LogP contribution in [-0.2, 0) is 6.54 Å². The third-order valence-electron chi connectivity index (χ3n) is 4.57. The van der Waals surface area contributed by atoms with Crippen LogP contribution in [0.2, 0.25) is 0 Å². The number of likely N-dealkylation sites (tertiary alicyclic amines) is 1. The molecule has 2 fully saturated rings. The van der Waals surface area contributed by atoms with E-state index in [0.717, 1.165) is 31.6 Å². The summed E-state index contributed by atoms with van der Waals surface area (Å²) in [7, 11) is 0. The number of hydrogen-bond donors (Lipinski definition) is 2. The third kappa shape index (κ3) is 2.88. The summed E-state index contributed by atoms with van der Waals surface area (Å²) in [6.45, 7) is 3.00. The second-order valence-electron chi connectivity index (χ2n) is 5.92. The quantitative estimate of drug-likeness (QED) is 0.795. The average Bonchev–Trinajstić information content (AvgIpc) is 3.00. The van der Waals surface area contributed by atoms with Gasteiger partial charge in [0, 0.05) is 31.1 Å². The van der Waals surface area contributed by atoms with Gasteiger partial charge in [-0.3, -0.25) is 4.90 Å².